The summed E-state index contributed by atoms with van der Waals surface area (Å²) < 4.78 is 5.10. The topological polar surface area (TPSA) is 85.2 Å². The van der Waals surface area contributed by atoms with E-state index in [9.17, 15) is 4.79 Å². The number of hydrogen-bond donors (Lipinski definition) is 2. The maximum atomic E-state index is 11.7. The van der Waals surface area contributed by atoms with Crippen LogP contribution in [0.3, 0.4) is 0 Å². The fraction of sp³-hybridized carbons (Fsp3) is 0.533. The zero-order chi connectivity index (χ0) is 15.6. The fourth-order valence-corrected chi connectivity index (χ4v) is 1.93. The zero-order valence-electron chi connectivity index (χ0n) is 12.2. The van der Waals surface area contributed by atoms with Crippen molar-refractivity contribution in [1.29, 1.82) is 0 Å². The van der Waals surface area contributed by atoms with Gasteiger partial charge in [-0.2, -0.15) is 0 Å². The number of esters is 1. The van der Waals surface area contributed by atoms with Gasteiger partial charge in [0, 0.05) is 12.8 Å². The molecule has 6 nitrogen and oxygen atoms in total. The predicted molar refractivity (Wildman–Crippen MR) is 75.6 cm³/mol. The highest BCUT2D eigenvalue weighted by Gasteiger charge is 2.32. The van der Waals surface area contributed by atoms with Crippen molar-refractivity contribution in [2.24, 2.45) is 0 Å². The highest BCUT2D eigenvalue weighted by atomic mass is 17.2. The third kappa shape index (κ3) is 5.81. The van der Waals surface area contributed by atoms with Crippen molar-refractivity contribution >= 4 is 5.97 Å². The van der Waals surface area contributed by atoms with E-state index in [0.717, 1.165) is 12.8 Å². The molecule has 0 atom stereocenters. The summed E-state index contributed by atoms with van der Waals surface area (Å²) in [4.78, 5) is 20.2. The minimum atomic E-state index is -1.45. The molecule has 0 aliphatic carbocycles. The minimum Gasteiger partial charge on any atom is -0.462 e. The lowest BCUT2D eigenvalue weighted by Crippen LogP contribution is -2.34. The highest BCUT2D eigenvalue weighted by Crippen LogP contribution is 2.25. The number of ether oxygens (including phenoxy) is 1. The summed E-state index contributed by atoms with van der Waals surface area (Å²) in [6.45, 7) is 2.12. The van der Waals surface area contributed by atoms with Crippen molar-refractivity contribution in [2.45, 2.75) is 44.8 Å². The molecule has 1 rings (SSSR count). The largest absolute Gasteiger partial charge is 0.462 e. The fourth-order valence-electron chi connectivity index (χ4n) is 1.93. The Morgan fingerprint density at radius 3 is 2.29 bits per heavy atom. The van der Waals surface area contributed by atoms with Gasteiger partial charge in [-0.3, -0.25) is 0 Å². The Kier molecular flexibility index (Phi) is 7.92. The van der Waals surface area contributed by atoms with Gasteiger partial charge in [0.2, 0.25) is 5.79 Å². The van der Waals surface area contributed by atoms with Crippen molar-refractivity contribution < 1.29 is 29.8 Å². The van der Waals surface area contributed by atoms with E-state index in [2.05, 4.69) is 9.78 Å². The number of unbranched alkanes of at least 4 members (excludes halogenated alkanes) is 1. The number of benzene rings is 1. The molecule has 0 saturated heterocycles. The van der Waals surface area contributed by atoms with E-state index in [4.69, 9.17) is 15.3 Å². The Morgan fingerprint density at radius 2 is 1.71 bits per heavy atom. The third-order valence-electron chi connectivity index (χ3n) is 3.19. The summed E-state index contributed by atoms with van der Waals surface area (Å²) in [5.74, 6) is -1.86. The van der Waals surface area contributed by atoms with Gasteiger partial charge < -0.3 is 4.74 Å². The van der Waals surface area contributed by atoms with Gasteiger partial charge in [-0.05, 0) is 25.0 Å². The van der Waals surface area contributed by atoms with Crippen molar-refractivity contribution in [2.75, 3.05) is 6.61 Å². The monoisotopic (exact) mass is 298 g/mol. The molecule has 118 valence electrons. The molecule has 2 N–H and O–H groups in total. The van der Waals surface area contributed by atoms with E-state index < -0.39 is 11.8 Å². The summed E-state index contributed by atoms with van der Waals surface area (Å²) in [5, 5.41) is 17.8. The first-order chi connectivity index (χ1) is 10.2. The molecule has 0 radical (unpaired) electrons. The van der Waals surface area contributed by atoms with Gasteiger partial charge >= 0.3 is 5.97 Å². The Morgan fingerprint density at radius 1 is 1.10 bits per heavy atom. The lowest BCUT2D eigenvalue weighted by molar-refractivity contribution is -0.490. The normalized spacial score (nSPS) is 11.4. The molecule has 0 fully saturated rings. The minimum absolute atomic E-state index is 0.147. The van der Waals surface area contributed by atoms with Gasteiger partial charge in [0.1, 0.15) is 0 Å². The predicted octanol–water partition coefficient (Wildman–Crippen LogP) is 3.49. The summed E-state index contributed by atoms with van der Waals surface area (Å²) in [6, 6.07) is 8.66. The SMILES string of the molecule is CCCCC(CCCOC(=O)c1ccccc1)(OO)OO. The standard InChI is InChI=1S/C15H22O6/c1-2-3-10-15(20-17,21-18)11-7-12-19-14(16)13-8-5-4-6-9-13/h4-6,8-9,17-18H,2-3,7,10-12H2,1H3. The van der Waals surface area contributed by atoms with E-state index in [-0.39, 0.29) is 13.0 Å². The lowest BCUT2D eigenvalue weighted by Gasteiger charge is -2.26. The molecular formula is C15H22O6. The molecule has 6 heteroatoms. The van der Waals surface area contributed by atoms with E-state index in [1.54, 1.807) is 24.3 Å². The van der Waals surface area contributed by atoms with E-state index in [1.807, 2.05) is 13.0 Å². The van der Waals surface area contributed by atoms with Gasteiger partial charge in [0.05, 0.1) is 12.2 Å². The number of carbonyl (C=O) groups excluding carboxylic acids is 1. The van der Waals surface area contributed by atoms with Crippen LogP contribution in [0, 0.1) is 0 Å². The molecule has 0 bridgehead atoms. The molecule has 0 spiro atoms. The molecule has 1 aromatic rings. The Hall–Kier alpha value is -1.47. The molecule has 0 saturated carbocycles. The first kappa shape index (κ1) is 17.6. The molecule has 21 heavy (non-hydrogen) atoms. The van der Waals surface area contributed by atoms with Crippen LogP contribution in [0.1, 0.15) is 49.4 Å². The van der Waals surface area contributed by atoms with Crippen molar-refractivity contribution in [3.8, 4) is 0 Å². The first-order valence-electron chi connectivity index (χ1n) is 7.05. The maximum Gasteiger partial charge on any atom is 0.338 e. The Bertz CT molecular complexity index is 402. The number of hydrogen-bond acceptors (Lipinski definition) is 6. The second kappa shape index (κ2) is 9.46. The van der Waals surface area contributed by atoms with Crippen molar-refractivity contribution in [3.63, 3.8) is 0 Å². The van der Waals surface area contributed by atoms with Gasteiger partial charge in [0.15, 0.2) is 0 Å². The molecule has 1 aromatic carbocycles. The van der Waals surface area contributed by atoms with Crippen LogP contribution in [-0.4, -0.2) is 28.9 Å². The Labute approximate surface area is 124 Å². The smallest absolute Gasteiger partial charge is 0.338 e. The van der Waals surface area contributed by atoms with E-state index >= 15 is 0 Å². The molecule has 0 amide bonds. The van der Waals surface area contributed by atoms with Crippen LogP contribution in [0.4, 0.5) is 0 Å². The first-order valence-corrected chi connectivity index (χ1v) is 7.05. The van der Waals surface area contributed by atoms with E-state index in [1.165, 1.54) is 0 Å². The average molecular weight is 298 g/mol. The maximum absolute atomic E-state index is 11.7. The summed E-state index contributed by atoms with van der Waals surface area (Å²) in [6.07, 6.45) is 2.55. The highest BCUT2D eigenvalue weighted by molar-refractivity contribution is 5.89. The zero-order valence-corrected chi connectivity index (χ0v) is 12.2. The quantitative estimate of drug-likeness (QED) is 0.226. The van der Waals surface area contributed by atoms with Crippen LogP contribution >= 0.6 is 0 Å². The summed E-state index contributed by atoms with van der Waals surface area (Å²) in [5.41, 5.74) is 0.478. The second-order valence-corrected chi connectivity index (χ2v) is 4.80. The number of rotatable bonds is 10. The number of carbonyl (C=O) groups is 1. The van der Waals surface area contributed by atoms with Crippen molar-refractivity contribution in [3.05, 3.63) is 35.9 Å². The summed E-state index contributed by atoms with van der Waals surface area (Å²) in [7, 11) is 0. The second-order valence-electron chi connectivity index (χ2n) is 4.80. The van der Waals surface area contributed by atoms with Crippen LogP contribution in [0.2, 0.25) is 0 Å². The molecule has 0 unspecified atom stereocenters. The van der Waals surface area contributed by atoms with Crippen LogP contribution in [0.15, 0.2) is 30.3 Å². The summed E-state index contributed by atoms with van der Waals surface area (Å²) >= 11 is 0. The van der Waals surface area contributed by atoms with Crippen LogP contribution in [0.25, 0.3) is 0 Å². The van der Waals surface area contributed by atoms with Gasteiger partial charge in [0.25, 0.3) is 0 Å². The van der Waals surface area contributed by atoms with Crippen LogP contribution in [0.5, 0.6) is 0 Å². The average Bonchev–Trinajstić information content (AvgIpc) is 2.55. The third-order valence-corrected chi connectivity index (χ3v) is 3.19. The van der Waals surface area contributed by atoms with Crippen LogP contribution in [-0.2, 0) is 14.5 Å². The lowest BCUT2D eigenvalue weighted by atomic mass is 10.0. The van der Waals surface area contributed by atoms with Crippen molar-refractivity contribution in [1.82, 2.24) is 0 Å². The van der Waals surface area contributed by atoms with Gasteiger partial charge in [-0.1, -0.05) is 31.5 Å². The van der Waals surface area contributed by atoms with Crippen LogP contribution < -0.4 is 0 Å². The Balaban J connectivity index is 2.36. The molecule has 0 aliphatic rings. The molecule has 0 aliphatic heterocycles. The molecule has 0 heterocycles. The molecular weight excluding hydrogens is 276 g/mol. The van der Waals surface area contributed by atoms with Gasteiger partial charge in [-0.15, -0.1) is 0 Å². The van der Waals surface area contributed by atoms with Gasteiger partial charge in [-0.25, -0.2) is 25.1 Å². The molecule has 0 aromatic heterocycles. The van der Waals surface area contributed by atoms with E-state index in [0.29, 0.717) is 18.4 Å².